The molecule has 1 aromatic rings. The van der Waals surface area contributed by atoms with Gasteiger partial charge in [0, 0.05) is 0 Å². The second kappa shape index (κ2) is 3.96. The summed E-state index contributed by atoms with van der Waals surface area (Å²) in [6.45, 7) is 1.55. The Morgan fingerprint density at radius 3 is 2.50 bits per heavy atom. The Bertz CT molecular complexity index is 427. The van der Waals surface area contributed by atoms with Crippen molar-refractivity contribution in [3.8, 4) is 0 Å². The van der Waals surface area contributed by atoms with Gasteiger partial charge in [-0.1, -0.05) is 18.2 Å². The van der Waals surface area contributed by atoms with Gasteiger partial charge < -0.3 is 0 Å². The lowest BCUT2D eigenvalue weighted by atomic mass is 9.96. The maximum atomic E-state index is 12.7. The van der Waals surface area contributed by atoms with Crippen molar-refractivity contribution in [3.05, 3.63) is 41.0 Å². The van der Waals surface area contributed by atoms with Crippen LogP contribution >= 0.6 is 0 Å². The molecule has 0 radical (unpaired) electrons. The molecule has 0 atom stereocenters. The number of rotatable bonds is 1. The van der Waals surface area contributed by atoms with E-state index < -0.39 is 11.7 Å². The monoisotopic (exact) mass is 226 g/mol. The molecule has 3 heteroatoms. The van der Waals surface area contributed by atoms with Gasteiger partial charge in [0.2, 0.25) is 0 Å². The van der Waals surface area contributed by atoms with Crippen LogP contribution < -0.4 is 0 Å². The quantitative estimate of drug-likeness (QED) is 0.657. The van der Waals surface area contributed by atoms with E-state index in [0.717, 1.165) is 36.5 Å². The lowest BCUT2D eigenvalue weighted by Gasteiger charge is -2.14. The molecule has 0 aromatic heterocycles. The predicted octanol–water partition coefficient (Wildman–Crippen LogP) is 4.58. The lowest BCUT2D eigenvalue weighted by molar-refractivity contribution is -0.138. The fourth-order valence-electron chi connectivity index (χ4n) is 2.21. The third-order valence-electron chi connectivity index (χ3n) is 3.03. The highest BCUT2D eigenvalue weighted by molar-refractivity contribution is 5.70. The summed E-state index contributed by atoms with van der Waals surface area (Å²) >= 11 is 0. The molecule has 0 fully saturated rings. The smallest absolute Gasteiger partial charge is 0.166 e. The van der Waals surface area contributed by atoms with Crippen molar-refractivity contribution in [1.82, 2.24) is 0 Å². The van der Waals surface area contributed by atoms with Crippen LogP contribution in [0.1, 0.15) is 36.0 Å². The summed E-state index contributed by atoms with van der Waals surface area (Å²) in [5.74, 6) is 0. The molecular weight excluding hydrogens is 213 g/mol. The highest BCUT2D eigenvalue weighted by Crippen LogP contribution is 2.37. The summed E-state index contributed by atoms with van der Waals surface area (Å²) in [7, 11) is 0. The van der Waals surface area contributed by atoms with Crippen LogP contribution in [0.4, 0.5) is 13.2 Å². The van der Waals surface area contributed by atoms with E-state index in [-0.39, 0.29) is 0 Å². The zero-order valence-corrected chi connectivity index (χ0v) is 9.06. The lowest BCUT2D eigenvalue weighted by Crippen LogP contribution is -2.08. The largest absolute Gasteiger partial charge is 0.416 e. The summed E-state index contributed by atoms with van der Waals surface area (Å²) in [5.41, 5.74) is 1.65. The van der Waals surface area contributed by atoms with Crippen LogP contribution in [0.3, 0.4) is 0 Å². The average Bonchev–Trinajstić information content (AvgIpc) is 2.69. The van der Waals surface area contributed by atoms with Crippen LogP contribution in [-0.4, -0.2) is 0 Å². The Kier molecular flexibility index (Phi) is 2.78. The van der Waals surface area contributed by atoms with Crippen LogP contribution in [0.15, 0.2) is 24.3 Å². The molecule has 1 aromatic carbocycles. The standard InChI is InChI=1S/C13H13F3/c1-9-11(10-5-2-3-6-10)7-4-8-12(9)13(14,15)16/h4-5,7-8H,2-3,6H2,1H3. The van der Waals surface area contributed by atoms with Gasteiger partial charge >= 0.3 is 6.18 Å². The normalized spacial score (nSPS) is 16.4. The van der Waals surface area contributed by atoms with E-state index in [1.54, 1.807) is 13.0 Å². The summed E-state index contributed by atoms with van der Waals surface area (Å²) < 4.78 is 38.1. The van der Waals surface area contributed by atoms with Crippen molar-refractivity contribution in [2.24, 2.45) is 0 Å². The molecule has 2 rings (SSSR count). The van der Waals surface area contributed by atoms with E-state index >= 15 is 0 Å². The molecule has 0 nitrogen and oxygen atoms in total. The molecule has 16 heavy (non-hydrogen) atoms. The molecule has 0 saturated heterocycles. The number of hydrogen-bond acceptors (Lipinski definition) is 0. The Morgan fingerprint density at radius 1 is 1.19 bits per heavy atom. The highest BCUT2D eigenvalue weighted by atomic mass is 19.4. The van der Waals surface area contributed by atoms with E-state index in [2.05, 4.69) is 0 Å². The first-order chi connectivity index (χ1) is 7.50. The van der Waals surface area contributed by atoms with E-state index in [1.165, 1.54) is 6.07 Å². The van der Waals surface area contributed by atoms with Crippen molar-refractivity contribution >= 4 is 5.57 Å². The number of allylic oxidation sites excluding steroid dienone is 2. The molecular formula is C13H13F3. The third kappa shape index (κ3) is 1.99. The zero-order valence-electron chi connectivity index (χ0n) is 9.06. The van der Waals surface area contributed by atoms with Crippen LogP contribution in [-0.2, 0) is 6.18 Å². The minimum Gasteiger partial charge on any atom is -0.166 e. The van der Waals surface area contributed by atoms with Crippen LogP contribution in [0, 0.1) is 6.92 Å². The van der Waals surface area contributed by atoms with Gasteiger partial charge in [-0.05, 0) is 49.0 Å². The van der Waals surface area contributed by atoms with Crippen LogP contribution in [0.25, 0.3) is 5.57 Å². The Morgan fingerprint density at radius 2 is 1.94 bits per heavy atom. The zero-order chi connectivity index (χ0) is 11.8. The van der Waals surface area contributed by atoms with Crippen molar-refractivity contribution in [2.75, 3.05) is 0 Å². The molecule has 0 bridgehead atoms. The van der Waals surface area contributed by atoms with Crippen molar-refractivity contribution in [1.29, 1.82) is 0 Å². The van der Waals surface area contributed by atoms with Gasteiger partial charge in [0.15, 0.2) is 0 Å². The van der Waals surface area contributed by atoms with Gasteiger partial charge in [-0.2, -0.15) is 13.2 Å². The summed E-state index contributed by atoms with van der Waals surface area (Å²) in [4.78, 5) is 0. The van der Waals surface area contributed by atoms with Crippen molar-refractivity contribution in [3.63, 3.8) is 0 Å². The summed E-state index contributed by atoms with van der Waals surface area (Å²) in [6, 6.07) is 4.42. The van der Waals surface area contributed by atoms with Crippen molar-refractivity contribution < 1.29 is 13.2 Å². The topological polar surface area (TPSA) is 0 Å². The number of hydrogen-bond donors (Lipinski definition) is 0. The second-order valence-electron chi connectivity index (χ2n) is 4.10. The fourth-order valence-corrected chi connectivity index (χ4v) is 2.21. The summed E-state index contributed by atoms with van der Waals surface area (Å²) in [5, 5.41) is 0. The van der Waals surface area contributed by atoms with E-state index in [9.17, 15) is 13.2 Å². The molecule has 0 saturated carbocycles. The molecule has 0 spiro atoms. The van der Waals surface area contributed by atoms with Gasteiger partial charge in [-0.25, -0.2) is 0 Å². The van der Waals surface area contributed by atoms with Crippen LogP contribution in [0.5, 0.6) is 0 Å². The molecule has 0 amide bonds. The molecule has 0 N–H and O–H groups in total. The molecule has 0 aliphatic heterocycles. The maximum absolute atomic E-state index is 12.7. The first-order valence-electron chi connectivity index (χ1n) is 5.36. The number of alkyl halides is 3. The molecule has 86 valence electrons. The van der Waals surface area contributed by atoms with Gasteiger partial charge in [-0.15, -0.1) is 0 Å². The SMILES string of the molecule is Cc1c(C2=CCCC2)cccc1C(F)(F)F. The Balaban J connectivity index is 2.48. The first-order valence-corrected chi connectivity index (χ1v) is 5.36. The number of benzene rings is 1. The molecule has 1 aliphatic rings. The van der Waals surface area contributed by atoms with Crippen molar-refractivity contribution in [2.45, 2.75) is 32.4 Å². The van der Waals surface area contributed by atoms with Gasteiger partial charge in [-0.3, -0.25) is 0 Å². The molecule has 1 aliphatic carbocycles. The Labute approximate surface area is 92.8 Å². The highest BCUT2D eigenvalue weighted by Gasteiger charge is 2.33. The van der Waals surface area contributed by atoms with Gasteiger partial charge in [0.1, 0.15) is 0 Å². The fraction of sp³-hybridized carbons (Fsp3) is 0.385. The van der Waals surface area contributed by atoms with Gasteiger partial charge in [0.25, 0.3) is 0 Å². The second-order valence-corrected chi connectivity index (χ2v) is 4.10. The van der Waals surface area contributed by atoms with E-state index in [4.69, 9.17) is 0 Å². The van der Waals surface area contributed by atoms with Gasteiger partial charge in [0.05, 0.1) is 5.56 Å². The minimum atomic E-state index is -4.25. The summed E-state index contributed by atoms with van der Waals surface area (Å²) in [6.07, 6.45) is 0.708. The first kappa shape index (κ1) is 11.2. The minimum absolute atomic E-state index is 0.350. The predicted molar refractivity (Wildman–Crippen MR) is 58.0 cm³/mol. The number of halogens is 3. The van der Waals surface area contributed by atoms with E-state index in [0.29, 0.717) is 5.56 Å². The third-order valence-corrected chi connectivity index (χ3v) is 3.03. The average molecular weight is 226 g/mol. The van der Waals surface area contributed by atoms with Crippen LogP contribution in [0.2, 0.25) is 0 Å². The molecule has 0 heterocycles. The molecule has 0 unspecified atom stereocenters. The maximum Gasteiger partial charge on any atom is 0.416 e. The van der Waals surface area contributed by atoms with E-state index in [1.807, 2.05) is 6.08 Å². The Hall–Kier alpha value is -1.25.